The number of amides is 2. The van der Waals surface area contributed by atoms with Gasteiger partial charge in [0.1, 0.15) is 5.00 Å². The normalized spacial score (nSPS) is 19.8. The fraction of sp³-hybridized carbons (Fsp3) is 0.650. The maximum Gasteiger partial charge on any atom is 0.341 e. The Balaban J connectivity index is 1.68. The van der Waals surface area contributed by atoms with Crippen LogP contribution in [0.4, 0.5) is 5.00 Å². The van der Waals surface area contributed by atoms with Gasteiger partial charge in [0.05, 0.1) is 38.3 Å². The zero-order valence-electron chi connectivity index (χ0n) is 16.9. The molecule has 2 amide bonds. The van der Waals surface area contributed by atoms with E-state index >= 15 is 0 Å². The third-order valence-corrected chi connectivity index (χ3v) is 6.74. The number of hydrogen-bond donors (Lipinski definition) is 2. The van der Waals surface area contributed by atoms with E-state index in [0.29, 0.717) is 42.7 Å². The molecular weight excluding hydrogens is 378 g/mol. The molecule has 0 unspecified atom stereocenters. The Hall–Kier alpha value is -1.93. The van der Waals surface area contributed by atoms with Gasteiger partial charge in [-0.1, -0.05) is 6.92 Å². The van der Waals surface area contributed by atoms with Crippen LogP contribution in [0.15, 0.2) is 0 Å². The number of hydrogen-bond acceptors (Lipinski definition) is 5. The third-order valence-electron chi connectivity index (χ3n) is 5.57. The molecule has 2 heterocycles. The minimum Gasteiger partial charge on any atom is -0.462 e. The van der Waals surface area contributed by atoms with E-state index in [4.69, 9.17) is 4.74 Å². The molecule has 1 saturated heterocycles. The smallest absolute Gasteiger partial charge is 0.341 e. The highest BCUT2D eigenvalue weighted by Crippen LogP contribution is 2.40. The molecule has 0 saturated carbocycles. The molecule has 1 aromatic heterocycles. The SMILES string of the molecule is CCOC(=O)c1c(NC(=O)C[NH+]2CCN(C(C)=O)CC2)sc2c1CC[C@@H](C)C2. The first-order chi connectivity index (χ1) is 13.4. The summed E-state index contributed by atoms with van der Waals surface area (Å²) in [6.07, 6.45) is 2.85. The molecule has 1 atom stereocenters. The lowest BCUT2D eigenvalue weighted by molar-refractivity contribution is -0.895. The molecule has 0 aromatic carbocycles. The number of carbonyl (C=O) groups is 3. The van der Waals surface area contributed by atoms with E-state index in [1.807, 2.05) is 4.90 Å². The minimum absolute atomic E-state index is 0.0842. The summed E-state index contributed by atoms with van der Waals surface area (Å²) in [7, 11) is 0. The number of quaternary nitrogens is 1. The molecule has 28 heavy (non-hydrogen) atoms. The van der Waals surface area contributed by atoms with Crippen LogP contribution in [0.5, 0.6) is 0 Å². The molecule has 154 valence electrons. The standard InChI is InChI=1S/C20H29N3O4S/c1-4-27-20(26)18-15-6-5-13(2)11-16(15)28-19(18)21-17(25)12-22-7-9-23(10-8-22)14(3)24/h13H,4-12H2,1-3H3,(H,21,25)/p+1/t13-/m1/s1. The fourth-order valence-electron chi connectivity index (χ4n) is 3.97. The van der Waals surface area contributed by atoms with Gasteiger partial charge in [-0.05, 0) is 37.7 Å². The molecule has 8 heteroatoms. The second-order valence-electron chi connectivity index (χ2n) is 7.76. The highest BCUT2D eigenvalue weighted by Gasteiger charge is 2.30. The first-order valence-electron chi connectivity index (χ1n) is 10.1. The third kappa shape index (κ3) is 4.72. The molecule has 1 aliphatic carbocycles. The number of nitrogens with zero attached hydrogens (tertiary/aromatic N) is 1. The van der Waals surface area contributed by atoms with Gasteiger partial charge in [-0.2, -0.15) is 0 Å². The van der Waals surface area contributed by atoms with Gasteiger partial charge >= 0.3 is 5.97 Å². The summed E-state index contributed by atoms with van der Waals surface area (Å²) in [5, 5.41) is 3.61. The monoisotopic (exact) mass is 408 g/mol. The van der Waals surface area contributed by atoms with E-state index in [1.54, 1.807) is 13.8 Å². The topological polar surface area (TPSA) is 80.2 Å². The Morgan fingerprint density at radius 2 is 2.00 bits per heavy atom. The molecule has 3 rings (SSSR count). The second-order valence-corrected chi connectivity index (χ2v) is 8.86. The predicted octanol–water partition coefficient (Wildman–Crippen LogP) is 0.735. The molecule has 7 nitrogen and oxygen atoms in total. The Morgan fingerprint density at radius 1 is 1.29 bits per heavy atom. The van der Waals surface area contributed by atoms with Crippen molar-refractivity contribution < 1.29 is 24.0 Å². The van der Waals surface area contributed by atoms with Crippen LogP contribution in [0.3, 0.4) is 0 Å². The highest BCUT2D eigenvalue weighted by atomic mass is 32.1. The Kier molecular flexibility index (Phi) is 6.72. The van der Waals surface area contributed by atoms with Crippen molar-refractivity contribution in [1.29, 1.82) is 0 Å². The summed E-state index contributed by atoms with van der Waals surface area (Å²) < 4.78 is 5.26. The maximum atomic E-state index is 12.6. The van der Waals surface area contributed by atoms with Crippen molar-refractivity contribution in [2.24, 2.45) is 5.92 Å². The average Bonchev–Trinajstić information content (AvgIpc) is 2.98. The lowest BCUT2D eigenvalue weighted by Gasteiger charge is -2.31. The van der Waals surface area contributed by atoms with Crippen LogP contribution in [0, 0.1) is 5.92 Å². The van der Waals surface area contributed by atoms with E-state index < -0.39 is 0 Å². The molecule has 0 spiro atoms. The number of ether oxygens (including phenoxy) is 1. The maximum absolute atomic E-state index is 12.6. The number of fused-ring (bicyclic) bond motifs is 1. The van der Waals surface area contributed by atoms with Gasteiger partial charge in [-0.3, -0.25) is 9.59 Å². The quantitative estimate of drug-likeness (QED) is 0.704. The van der Waals surface area contributed by atoms with Crippen LogP contribution in [-0.2, 0) is 27.2 Å². The van der Waals surface area contributed by atoms with Crippen LogP contribution >= 0.6 is 11.3 Å². The Morgan fingerprint density at radius 3 is 2.64 bits per heavy atom. The van der Waals surface area contributed by atoms with Crippen molar-refractivity contribution in [3.8, 4) is 0 Å². The van der Waals surface area contributed by atoms with Crippen molar-refractivity contribution in [2.75, 3.05) is 44.6 Å². The van der Waals surface area contributed by atoms with Crippen molar-refractivity contribution in [3.05, 3.63) is 16.0 Å². The molecule has 2 aliphatic rings. The van der Waals surface area contributed by atoms with Gasteiger partial charge in [-0.15, -0.1) is 11.3 Å². The lowest BCUT2D eigenvalue weighted by atomic mass is 9.88. The number of rotatable bonds is 5. The van der Waals surface area contributed by atoms with E-state index in [9.17, 15) is 14.4 Å². The van der Waals surface area contributed by atoms with Gasteiger partial charge in [0.15, 0.2) is 6.54 Å². The van der Waals surface area contributed by atoms with Crippen molar-refractivity contribution in [1.82, 2.24) is 4.90 Å². The van der Waals surface area contributed by atoms with E-state index in [2.05, 4.69) is 12.2 Å². The molecule has 1 aliphatic heterocycles. The van der Waals surface area contributed by atoms with Gasteiger partial charge in [-0.25, -0.2) is 4.79 Å². The van der Waals surface area contributed by atoms with Crippen LogP contribution in [0.1, 0.15) is 48.0 Å². The summed E-state index contributed by atoms with van der Waals surface area (Å²) in [6.45, 7) is 9.12. The summed E-state index contributed by atoms with van der Waals surface area (Å²) in [4.78, 5) is 40.8. The van der Waals surface area contributed by atoms with Crippen molar-refractivity contribution in [2.45, 2.75) is 40.0 Å². The van der Waals surface area contributed by atoms with Gasteiger partial charge in [0, 0.05) is 11.8 Å². The first-order valence-corrected chi connectivity index (χ1v) is 10.9. The molecule has 1 fully saturated rings. The van der Waals surface area contributed by atoms with E-state index in [1.165, 1.54) is 16.2 Å². The highest BCUT2D eigenvalue weighted by molar-refractivity contribution is 7.17. The predicted molar refractivity (Wildman–Crippen MR) is 108 cm³/mol. The first kappa shape index (κ1) is 20.8. The molecule has 0 radical (unpaired) electrons. The Labute approximate surface area is 170 Å². The fourth-order valence-corrected chi connectivity index (χ4v) is 5.39. The molecular formula is C20H30N3O4S+. The largest absolute Gasteiger partial charge is 0.462 e. The second kappa shape index (κ2) is 9.05. The van der Waals surface area contributed by atoms with Crippen LogP contribution in [0.25, 0.3) is 0 Å². The van der Waals surface area contributed by atoms with Gasteiger partial charge in [0.2, 0.25) is 5.91 Å². The van der Waals surface area contributed by atoms with Crippen LogP contribution in [-0.4, -0.2) is 62.0 Å². The molecule has 1 aromatic rings. The molecule has 2 N–H and O–H groups in total. The van der Waals surface area contributed by atoms with Crippen molar-refractivity contribution in [3.63, 3.8) is 0 Å². The molecule has 0 bridgehead atoms. The number of piperazine rings is 1. The zero-order chi connectivity index (χ0) is 20.3. The van der Waals surface area contributed by atoms with E-state index in [-0.39, 0.29) is 17.8 Å². The van der Waals surface area contributed by atoms with E-state index in [0.717, 1.165) is 42.8 Å². The number of esters is 1. The lowest BCUT2D eigenvalue weighted by Crippen LogP contribution is -3.15. The number of nitrogens with one attached hydrogen (secondary N) is 2. The van der Waals surface area contributed by atoms with Crippen LogP contribution < -0.4 is 10.2 Å². The van der Waals surface area contributed by atoms with Gasteiger partial charge in [0.25, 0.3) is 5.91 Å². The number of carbonyl (C=O) groups excluding carboxylic acids is 3. The van der Waals surface area contributed by atoms with Crippen LogP contribution in [0.2, 0.25) is 0 Å². The zero-order valence-corrected chi connectivity index (χ0v) is 17.7. The summed E-state index contributed by atoms with van der Waals surface area (Å²) >= 11 is 1.52. The minimum atomic E-state index is -0.340. The number of anilines is 1. The summed E-state index contributed by atoms with van der Waals surface area (Å²) in [5.74, 6) is 0.239. The number of thiophene rings is 1. The van der Waals surface area contributed by atoms with Crippen molar-refractivity contribution >= 4 is 34.1 Å². The summed E-state index contributed by atoms with van der Waals surface area (Å²) in [6, 6.07) is 0. The Bertz CT molecular complexity index is 753. The average molecular weight is 409 g/mol. The summed E-state index contributed by atoms with van der Waals surface area (Å²) in [5.41, 5.74) is 1.61. The van der Waals surface area contributed by atoms with Gasteiger partial charge < -0.3 is 19.9 Å².